The molecule has 3 aromatic carbocycles. The minimum atomic E-state index is 0.163. The highest BCUT2D eigenvalue weighted by Crippen LogP contribution is 2.32. The Bertz CT molecular complexity index is 929. The number of phenolic OH excluding ortho intramolecular Hbond substituents is 2. The predicted molar refractivity (Wildman–Crippen MR) is 122 cm³/mol. The van der Waals surface area contributed by atoms with Crippen LogP contribution in [0, 0.1) is 11.8 Å². The van der Waals surface area contributed by atoms with E-state index in [0.717, 1.165) is 31.4 Å². The van der Waals surface area contributed by atoms with Crippen LogP contribution in [0.1, 0.15) is 43.9 Å². The molecule has 0 radical (unpaired) electrons. The number of benzene rings is 3. The van der Waals surface area contributed by atoms with E-state index in [-0.39, 0.29) is 5.75 Å². The summed E-state index contributed by atoms with van der Waals surface area (Å²) in [5, 5.41) is 19.5. The molecule has 0 saturated carbocycles. The van der Waals surface area contributed by atoms with Crippen molar-refractivity contribution in [1.82, 2.24) is 0 Å². The molecule has 3 rings (SSSR count). The Morgan fingerprint density at radius 1 is 0.733 bits per heavy atom. The predicted octanol–water partition coefficient (Wildman–Crippen LogP) is 6.90. The van der Waals surface area contributed by atoms with Crippen molar-refractivity contribution in [2.75, 3.05) is 0 Å². The van der Waals surface area contributed by atoms with Gasteiger partial charge in [-0.15, -0.1) is 0 Å². The van der Waals surface area contributed by atoms with Gasteiger partial charge in [-0.1, -0.05) is 57.5 Å². The van der Waals surface area contributed by atoms with Crippen LogP contribution in [0.25, 0.3) is 0 Å². The van der Waals surface area contributed by atoms with Crippen LogP contribution in [-0.2, 0) is 19.3 Å². The normalized spacial score (nSPS) is 13.0. The zero-order valence-corrected chi connectivity index (χ0v) is 18.1. The van der Waals surface area contributed by atoms with Gasteiger partial charge in [0.25, 0.3) is 0 Å². The van der Waals surface area contributed by atoms with Crippen molar-refractivity contribution < 1.29 is 14.9 Å². The van der Waals surface area contributed by atoms with Crippen molar-refractivity contribution in [2.45, 2.75) is 46.5 Å². The maximum absolute atomic E-state index is 10.1. The van der Waals surface area contributed by atoms with Crippen LogP contribution in [-0.4, -0.2) is 10.2 Å². The van der Waals surface area contributed by atoms with E-state index < -0.39 is 0 Å². The largest absolute Gasteiger partial charge is 0.508 e. The molecule has 0 heterocycles. The summed E-state index contributed by atoms with van der Waals surface area (Å²) in [4.78, 5) is 0. The van der Waals surface area contributed by atoms with Crippen LogP contribution in [0.5, 0.6) is 23.0 Å². The average Bonchev–Trinajstić information content (AvgIpc) is 2.73. The summed E-state index contributed by atoms with van der Waals surface area (Å²) < 4.78 is 5.92. The number of hydrogen-bond donors (Lipinski definition) is 2. The summed E-state index contributed by atoms with van der Waals surface area (Å²) >= 11 is 0. The molecule has 0 spiro atoms. The minimum Gasteiger partial charge on any atom is -0.508 e. The van der Waals surface area contributed by atoms with Crippen LogP contribution in [0.4, 0.5) is 0 Å². The second-order valence-corrected chi connectivity index (χ2v) is 8.33. The van der Waals surface area contributed by atoms with Crippen molar-refractivity contribution in [1.29, 1.82) is 0 Å². The molecule has 30 heavy (non-hydrogen) atoms. The first-order valence-corrected chi connectivity index (χ1v) is 10.8. The topological polar surface area (TPSA) is 49.7 Å². The first-order valence-electron chi connectivity index (χ1n) is 10.8. The van der Waals surface area contributed by atoms with Gasteiger partial charge in [-0.3, -0.25) is 0 Å². The maximum atomic E-state index is 10.1. The van der Waals surface area contributed by atoms with E-state index >= 15 is 0 Å². The second-order valence-electron chi connectivity index (χ2n) is 8.33. The summed E-state index contributed by atoms with van der Waals surface area (Å²) in [7, 11) is 0. The van der Waals surface area contributed by atoms with Crippen LogP contribution < -0.4 is 4.74 Å². The van der Waals surface area contributed by atoms with Gasteiger partial charge in [0.15, 0.2) is 11.5 Å². The highest BCUT2D eigenvalue weighted by atomic mass is 16.5. The Balaban J connectivity index is 1.58. The number of aryl methyl sites for hydroxylation is 1. The fraction of sp³-hybridized carbons (Fsp3) is 0.333. The molecule has 0 amide bonds. The average molecular weight is 405 g/mol. The lowest BCUT2D eigenvalue weighted by Crippen LogP contribution is -2.13. The third kappa shape index (κ3) is 6.03. The molecular weight excluding hydrogens is 372 g/mol. The second kappa shape index (κ2) is 10.2. The van der Waals surface area contributed by atoms with E-state index in [1.54, 1.807) is 18.2 Å². The molecule has 0 aliphatic rings. The van der Waals surface area contributed by atoms with Gasteiger partial charge >= 0.3 is 0 Å². The van der Waals surface area contributed by atoms with Gasteiger partial charge in [0.05, 0.1) is 0 Å². The summed E-state index contributed by atoms with van der Waals surface area (Å²) in [5.41, 5.74) is 3.69. The molecule has 3 nitrogen and oxygen atoms in total. The van der Waals surface area contributed by atoms with E-state index in [1.165, 1.54) is 16.7 Å². The summed E-state index contributed by atoms with van der Waals surface area (Å²) in [6.07, 6.45) is 4.02. The molecule has 0 aliphatic heterocycles. The Morgan fingerprint density at radius 3 is 1.83 bits per heavy atom. The van der Waals surface area contributed by atoms with Gasteiger partial charge in [-0.25, -0.2) is 0 Å². The van der Waals surface area contributed by atoms with Crippen LogP contribution >= 0.6 is 0 Å². The molecule has 2 unspecified atom stereocenters. The molecule has 0 saturated heterocycles. The number of phenols is 2. The minimum absolute atomic E-state index is 0.163. The van der Waals surface area contributed by atoms with Gasteiger partial charge in [-0.2, -0.15) is 0 Å². The van der Waals surface area contributed by atoms with Crippen molar-refractivity contribution >= 4 is 0 Å². The number of hydrogen-bond acceptors (Lipinski definition) is 3. The van der Waals surface area contributed by atoms with E-state index in [9.17, 15) is 10.2 Å². The first kappa shape index (κ1) is 21.8. The molecule has 2 N–H and O–H groups in total. The zero-order valence-electron chi connectivity index (χ0n) is 18.1. The number of ether oxygens (including phenoxy) is 1. The number of rotatable bonds is 9. The first-order chi connectivity index (χ1) is 14.4. The summed E-state index contributed by atoms with van der Waals surface area (Å²) in [6.45, 7) is 6.70. The molecule has 0 aliphatic carbocycles. The maximum Gasteiger partial charge on any atom is 0.169 e. The third-order valence-corrected chi connectivity index (χ3v) is 5.74. The fourth-order valence-corrected chi connectivity index (χ4v) is 3.68. The molecule has 3 heteroatoms. The smallest absolute Gasteiger partial charge is 0.169 e. The van der Waals surface area contributed by atoms with Crippen LogP contribution in [0.15, 0.2) is 66.7 Å². The Hall–Kier alpha value is -2.94. The monoisotopic (exact) mass is 404 g/mol. The molecular formula is C27H32O3. The van der Waals surface area contributed by atoms with Gasteiger partial charge in [-0.05, 0) is 84.2 Å². The van der Waals surface area contributed by atoms with Crippen molar-refractivity contribution in [3.8, 4) is 23.0 Å². The molecule has 158 valence electrons. The summed E-state index contributed by atoms with van der Waals surface area (Å²) in [5.74, 6) is 2.77. The van der Waals surface area contributed by atoms with Gasteiger partial charge < -0.3 is 14.9 Å². The lowest BCUT2D eigenvalue weighted by atomic mass is 9.85. The van der Waals surface area contributed by atoms with Gasteiger partial charge in [0.2, 0.25) is 0 Å². The van der Waals surface area contributed by atoms with Gasteiger partial charge in [0, 0.05) is 0 Å². The molecule has 3 aromatic rings. The van der Waals surface area contributed by atoms with Gasteiger partial charge in [0.1, 0.15) is 11.5 Å². The third-order valence-electron chi connectivity index (χ3n) is 5.74. The zero-order chi connectivity index (χ0) is 21.5. The fourth-order valence-electron chi connectivity index (χ4n) is 3.68. The van der Waals surface area contributed by atoms with Crippen molar-refractivity contribution in [3.05, 3.63) is 83.4 Å². The van der Waals surface area contributed by atoms with Crippen molar-refractivity contribution in [2.24, 2.45) is 11.8 Å². The lowest BCUT2D eigenvalue weighted by Gasteiger charge is -2.20. The van der Waals surface area contributed by atoms with E-state index in [0.29, 0.717) is 23.3 Å². The Morgan fingerprint density at radius 2 is 1.27 bits per heavy atom. The lowest BCUT2D eigenvalue weighted by molar-refractivity contribution is 0.383. The highest BCUT2D eigenvalue weighted by Gasteiger charge is 2.14. The number of aromatic hydroxyl groups is 2. The summed E-state index contributed by atoms with van der Waals surface area (Å²) in [6, 6.07) is 21.2. The quantitative estimate of drug-likeness (QED) is 0.408. The Labute approximate surface area is 180 Å². The van der Waals surface area contributed by atoms with Crippen LogP contribution in [0.2, 0.25) is 0 Å². The van der Waals surface area contributed by atoms with E-state index in [4.69, 9.17) is 4.74 Å². The van der Waals surface area contributed by atoms with E-state index in [1.807, 2.05) is 36.4 Å². The SMILES string of the molecule is CCCc1ccc(O)c(Oc2ccc(CC(C)C(C)Cc3ccc(O)cc3)cc2)c1. The van der Waals surface area contributed by atoms with Crippen LogP contribution in [0.3, 0.4) is 0 Å². The van der Waals surface area contributed by atoms with Crippen molar-refractivity contribution in [3.63, 3.8) is 0 Å². The standard InChI is InChI=1S/C27H32O3/c1-4-5-21-10-15-26(29)27(18-21)30-25-13-8-23(9-14-25)17-20(3)19(2)16-22-6-11-24(28)12-7-22/h6-15,18-20,28-29H,4-5,16-17H2,1-3H3. The highest BCUT2D eigenvalue weighted by molar-refractivity contribution is 5.45. The molecule has 2 atom stereocenters. The molecule has 0 bridgehead atoms. The molecule has 0 aromatic heterocycles. The Kier molecular flexibility index (Phi) is 7.40. The molecule has 0 fully saturated rings. The van der Waals surface area contributed by atoms with E-state index in [2.05, 4.69) is 32.9 Å².